The molecule has 1 heterocycles. The van der Waals surface area contributed by atoms with Gasteiger partial charge in [0.15, 0.2) is 0 Å². The van der Waals surface area contributed by atoms with E-state index in [1.54, 1.807) is 0 Å². The molecule has 0 aromatic heterocycles. The van der Waals surface area contributed by atoms with Crippen molar-refractivity contribution in [2.75, 3.05) is 13.1 Å². The number of hydrogen-bond donors (Lipinski definition) is 1. The van der Waals surface area contributed by atoms with Crippen LogP contribution in [0.3, 0.4) is 0 Å². The standard InChI is InChI=1S/C28H30N2O2/c1-2-21-13-15-23(16-14-21)28(32)30-17-7-12-26(20-30)24-10-6-11-25(18-24)27(31)29-19-22-8-4-3-5-9-22/h3-6,8-11,13-16,18,26H,2,7,12,17,19-20H2,1H3,(H,29,31)/t26-/m0/s1. The largest absolute Gasteiger partial charge is 0.348 e. The van der Waals surface area contributed by atoms with E-state index in [1.807, 2.05) is 77.7 Å². The predicted octanol–water partition coefficient (Wildman–Crippen LogP) is 5.20. The first-order valence-electron chi connectivity index (χ1n) is 11.4. The molecule has 0 unspecified atom stereocenters. The summed E-state index contributed by atoms with van der Waals surface area (Å²) in [6, 6.07) is 25.7. The summed E-state index contributed by atoms with van der Waals surface area (Å²) >= 11 is 0. The molecular formula is C28H30N2O2. The zero-order valence-electron chi connectivity index (χ0n) is 18.6. The van der Waals surface area contributed by atoms with E-state index in [2.05, 4.69) is 18.3 Å². The van der Waals surface area contributed by atoms with Crippen LogP contribution in [0, 0.1) is 0 Å². The lowest BCUT2D eigenvalue weighted by Crippen LogP contribution is -2.39. The highest BCUT2D eigenvalue weighted by molar-refractivity contribution is 5.95. The van der Waals surface area contributed by atoms with Crippen LogP contribution in [0.15, 0.2) is 78.9 Å². The van der Waals surface area contributed by atoms with Crippen LogP contribution in [0.1, 0.15) is 63.1 Å². The number of carbonyl (C=O) groups excluding carboxylic acids is 2. The van der Waals surface area contributed by atoms with Gasteiger partial charge < -0.3 is 10.2 Å². The number of likely N-dealkylation sites (tertiary alicyclic amines) is 1. The molecule has 0 aliphatic carbocycles. The Morgan fingerprint density at radius 2 is 1.69 bits per heavy atom. The van der Waals surface area contributed by atoms with Gasteiger partial charge in [-0.25, -0.2) is 0 Å². The number of aryl methyl sites for hydroxylation is 1. The van der Waals surface area contributed by atoms with Gasteiger partial charge in [0.1, 0.15) is 0 Å². The first-order chi connectivity index (χ1) is 15.6. The molecular weight excluding hydrogens is 396 g/mol. The molecule has 2 amide bonds. The van der Waals surface area contributed by atoms with E-state index in [-0.39, 0.29) is 17.7 Å². The number of rotatable bonds is 6. The van der Waals surface area contributed by atoms with Crippen molar-refractivity contribution in [1.82, 2.24) is 10.2 Å². The highest BCUT2D eigenvalue weighted by atomic mass is 16.2. The minimum absolute atomic E-state index is 0.0736. The lowest BCUT2D eigenvalue weighted by molar-refractivity contribution is 0.0706. The highest BCUT2D eigenvalue weighted by Crippen LogP contribution is 2.28. The molecule has 3 aromatic rings. The lowest BCUT2D eigenvalue weighted by Gasteiger charge is -2.33. The first-order valence-corrected chi connectivity index (χ1v) is 11.4. The van der Waals surface area contributed by atoms with Gasteiger partial charge in [-0.15, -0.1) is 0 Å². The Kier molecular flexibility index (Phi) is 7.00. The van der Waals surface area contributed by atoms with Crippen LogP contribution in [0.25, 0.3) is 0 Å². The number of benzene rings is 3. The minimum Gasteiger partial charge on any atom is -0.348 e. The van der Waals surface area contributed by atoms with Crippen molar-refractivity contribution >= 4 is 11.8 Å². The molecule has 1 aliphatic heterocycles. The van der Waals surface area contributed by atoms with Gasteiger partial charge in [0.05, 0.1) is 0 Å². The topological polar surface area (TPSA) is 49.4 Å². The molecule has 4 nitrogen and oxygen atoms in total. The average molecular weight is 427 g/mol. The monoisotopic (exact) mass is 426 g/mol. The molecule has 1 fully saturated rings. The van der Waals surface area contributed by atoms with E-state index in [9.17, 15) is 9.59 Å². The number of amides is 2. The maximum Gasteiger partial charge on any atom is 0.253 e. The van der Waals surface area contributed by atoms with Crippen molar-refractivity contribution in [3.05, 3.63) is 107 Å². The fourth-order valence-electron chi connectivity index (χ4n) is 4.31. The first kappa shape index (κ1) is 21.8. The number of carbonyl (C=O) groups is 2. The molecule has 0 spiro atoms. The molecule has 1 N–H and O–H groups in total. The summed E-state index contributed by atoms with van der Waals surface area (Å²) in [5.74, 6) is 0.258. The molecule has 0 bridgehead atoms. The van der Waals surface area contributed by atoms with E-state index in [1.165, 1.54) is 5.56 Å². The molecule has 1 aliphatic rings. The molecule has 32 heavy (non-hydrogen) atoms. The minimum atomic E-state index is -0.0736. The Hall–Kier alpha value is -3.40. The summed E-state index contributed by atoms with van der Waals surface area (Å²) in [6.45, 7) is 4.08. The third-order valence-corrected chi connectivity index (χ3v) is 6.23. The Balaban J connectivity index is 1.41. The second-order valence-corrected chi connectivity index (χ2v) is 8.43. The third-order valence-electron chi connectivity index (χ3n) is 6.23. The summed E-state index contributed by atoms with van der Waals surface area (Å²) < 4.78 is 0. The van der Waals surface area contributed by atoms with Gasteiger partial charge in [-0.05, 0) is 60.2 Å². The second-order valence-electron chi connectivity index (χ2n) is 8.43. The van der Waals surface area contributed by atoms with Gasteiger partial charge >= 0.3 is 0 Å². The zero-order chi connectivity index (χ0) is 22.3. The lowest BCUT2D eigenvalue weighted by atomic mass is 9.89. The van der Waals surface area contributed by atoms with Crippen LogP contribution in [-0.2, 0) is 13.0 Å². The number of nitrogens with one attached hydrogen (secondary N) is 1. The van der Waals surface area contributed by atoms with Gasteiger partial charge in [0.2, 0.25) is 0 Å². The molecule has 1 atom stereocenters. The van der Waals surface area contributed by atoms with Crippen LogP contribution in [0.4, 0.5) is 0 Å². The Labute approximate surface area is 190 Å². The second kappa shape index (κ2) is 10.3. The normalized spacial score (nSPS) is 15.9. The molecule has 1 saturated heterocycles. The summed E-state index contributed by atoms with van der Waals surface area (Å²) in [5.41, 5.74) is 4.84. The van der Waals surface area contributed by atoms with Gasteiger partial charge in [-0.1, -0.05) is 61.5 Å². The molecule has 164 valence electrons. The van der Waals surface area contributed by atoms with Gasteiger partial charge in [0, 0.05) is 36.7 Å². The van der Waals surface area contributed by atoms with Crippen molar-refractivity contribution in [1.29, 1.82) is 0 Å². The quantitative estimate of drug-likeness (QED) is 0.589. The van der Waals surface area contributed by atoms with E-state index in [0.29, 0.717) is 18.7 Å². The van der Waals surface area contributed by atoms with Crippen molar-refractivity contribution < 1.29 is 9.59 Å². The maximum atomic E-state index is 13.0. The summed E-state index contributed by atoms with van der Waals surface area (Å²) in [5, 5.41) is 3.00. The zero-order valence-corrected chi connectivity index (χ0v) is 18.6. The molecule has 0 saturated carbocycles. The van der Waals surface area contributed by atoms with Gasteiger partial charge in [-0.2, -0.15) is 0 Å². The van der Waals surface area contributed by atoms with E-state index >= 15 is 0 Å². The Bertz CT molecular complexity index is 1060. The van der Waals surface area contributed by atoms with Crippen molar-refractivity contribution in [3.63, 3.8) is 0 Å². The highest BCUT2D eigenvalue weighted by Gasteiger charge is 2.26. The average Bonchev–Trinajstić information content (AvgIpc) is 2.87. The van der Waals surface area contributed by atoms with E-state index < -0.39 is 0 Å². The van der Waals surface area contributed by atoms with Crippen molar-refractivity contribution in [2.24, 2.45) is 0 Å². The van der Waals surface area contributed by atoms with E-state index in [4.69, 9.17) is 0 Å². The number of nitrogens with zero attached hydrogens (tertiary/aromatic N) is 1. The smallest absolute Gasteiger partial charge is 0.253 e. The maximum absolute atomic E-state index is 13.0. The van der Waals surface area contributed by atoms with Crippen molar-refractivity contribution in [3.8, 4) is 0 Å². The van der Waals surface area contributed by atoms with Gasteiger partial charge in [0.25, 0.3) is 11.8 Å². The molecule has 4 rings (SSSR count). The van der Waals surface area contributed by atoms with Crippen LogP contribution in [-0.4, -0.2) is 29.8 Å². The van der Waals surface area contributed by atoms with Crippen molar-refractivity contribution in [2.45, 2.75) is 38.6 Å². The predicted molar refractivity (Wildman–Crippen MR) is 128 cm³/mol. The SMILES string of the molecule is CCc1ccc(C(=O)N2CCC[C@H](c3cccc(C(=O)NCc4ccccc4)c3)C2)cc1. The van der Waals surface area contributed by atoms with Gasteiger partial charge in [-0.3, -0.25) is 9.59 Å². The summed E-state index contributed by atoms with van der Waals surface area (Å²) in [7, 11) is 0. The third kappa shape index (κ3) is 5.25. The summed E-state index contributed by atoms with van der Waals surface area (Å²) in [4.78, 5) is 27.7. The van der Waals surface area contributed by atoms with E-state index in [0.717, 1.165) is 42.5 Å². The molecule has 3 aromatic carbocycles. The number of hydrogen-bond acceptors (Lipinski definition) is 2. The van der Waals surface area contributed by atoms with Crippen LogP contribution >= 0.6 is 0 Å². The summed E-state index contributed by atoms with van der Waals surface area (Å²) in [6.07, 6.45) is 2.96. The Morgan fingerprint density at radius 3 is 2.44 bits per heavy atom. The molecule has 0 radical (unpaired) electrons. The fraction of sp³-hybridized carbons (Fsp3) is 0.286. The Morgan fingerprint density at radius 1 is 0.906 bits per heavy atom. The molecule has 4 heteroatoms. The fourth-order valence-corrected chi connectivity index (χ4v) is 4.31. The van der Waals surface area contributed by atoms with Crippen LogP contribution < -0.4 is 5.32 Å². The number of piperidine rings is 1. The van der Waals surface area contributed by atoms with Crippen LogP contribution in [0.5, 0.6) is 0 Å². The van der Waals surface area contributed by atoms with Crippen LogP contribution in [0.2, 0.25) is 0 Å².